The number of piperidine rings is 1. The first-order chi connectivity index (χ1) is 13.3. The molecule has 0 bridgehead atoms. The lowest BCUT2D eigenvalue weighted by Crippen LogP contribution is -2.37. The maximum Gasteiger partial charge on any atom is 0.253 e. The van der Waals surface area contributed by atoms with E-state index in [0.717, 1.165) is 48.0 Å². The van der Waals surface area contributed by atoms with Gasteiger partial charge < -0.3 is 9.88 Å². The minimum atomic E-state index is 0.0996. The molecular weight excluding hydrogens is 336 g/mol. The molecule has 1 amide bonds. The summed E-state index contributed by atoms with van der Waals surface area (Å²) < 4.78 is 0. The van der Waals surface area contributed by atoms with Gasteiger partial charge in [0.15, 0.2) is 0 Å². The fraction of sp³-hybridized carbons (Fsp3) is 0.227. The Labute approximate surface area is 157 Å². The molecule has 5 rings (SSSR count). The van der Waals surface area contributed by atoms with Gasteiger partial charge in [-0.25, -0.2) is 4.98 Å². The SMILES string of the molecule is O=C(c1ccc2cccnc2c1)N1CCC(c2ccnc3[nH]ccc23)CC1. The molecular formula is C22H20N4O. The van der Waals surface area contributed by atoms with Crippen molar-refractivity contribution in [3.8, 4) is 0 Å². The average molecular weight is 356 g/mol. The van der Waals surface area contributed by atoms with Crippen LogP contribution in [0, 0.1) is 0 Å². The second-order valence-electron chi connectivity index (χ2n) is 7.12. The summed E-state index contributed by atoms with van der Waals surface area (Å²) in [6.45, 7) is 1.55. The van der Waals surface area contributed by atoms with Crippen LogP contribution in [-0.4, -0.2) is 38.8 Å². The number of aromatic nitrogens is 3. The zero-order valence-electron chi connectivity index (χ0n) is 14.9. The quantitative estimate of drug-likeness (QED) is 0.587. The predicted molar refractivity (Wildman–Crippen MR) is 106 cm³/mol. The summed E-state index contributed by atoms with van der Waals surface area (Å²) in [5, 5.41) is 2.25. The van der Waals surface area contributed by atoms with Crippen molar-refractivity contribution < 1.29 is 4.79 Å². The van der Waals surface area contributed by atoms with Crippen molar-refractivity contribution in [2.24, 2.45) is 0 Å². The lowest BCUT2D eigenvalue weighted by molar-refractivity contribution is 0.0713. The number of hydrogen-bond acceptors (Lipinski definition) is 3. The van der Waals surface area contributed by atoms with Crippen molar-refractivity contribution in [1.29, 1.82) is 0 Å². The Balaban J connectivity index is 1.33. The summed E-state index contributed by atoms with van der Waals surface area (Å²) in [5.74, 6) is 0.566. The zero-order valence-corrected chi connectivity index (χ0v) is 14.9. The normalized spacial score (nSPS) is 15.5. The number of fused-ring (bicyclic) bond motifs is 2. The Morgan fingerprint density at radius 2 is 1.93 bits per heavy atom. The molecule has 1 N–H and O–H groups in total. The summed E-state index contributed by atoms with van der Waals surface area (Å²) in [6, 6.07) is 13.9. The van der Waals surface area contributed by atoms with Gasteiger partial charge in [0.25, 0.3) is 5.91 Å². The van der Waals surface area contributed by atoms with Crippen LogP contribution in [0.3, 0.4) is 0 Å². The molecule has 5 heteroatoms. The van der Waals surface area contributed by atoms with Crippen LogP contribution in [0.5, 0.6) is 0 Å². The third-order valence-electron chi connectivity index (χ3n) is 5.57. The highest BCUT2D eigenvalue weighted by Crippen LogP contribution is 2.32. The molecule has 4 aromatic rings. The molecule has 0 saturated carbocycles. The molecule has 1 aromatic carbocycles. The van der Waals surface area contributed by atoms with E-state index in [4.69, 9.17) is 0 Å². The molecule has 0 aliphatic carbocycles. The number of carbonyl (C=O) groups excluding carboxylic acids is 1. The summed E-state index contributed by atoms with van der Waals surface area (Å²) >= 11 is 0. The van der Waals surface area contributed by atoms with Gasteiger partial charge in [-0.2, -0.15) is 0 Å². The molecule has 1 aliphatic rings. The molecule has 0 spiro atoms. The highest BCUT2D eigenvalue weighted by molar-refractivity contribution is 5.97. The number of amides is 1. The molecule has 1 aliphatic heterocycles. The Hall–Kier alpha value is -3.21. The van der Waals surface area contributed by atoms with Crippen molar-refractivity contribution in [2.45, 2.75) is 18.8 Å². The highest BCUT2D eigenvalue weighted by atomic mass is 16.2. The van der Waals surface area contributed by atoms with E-state index in [0.29, 0.717) is 5.92 Å². The molecule has 134 valence electrons. The minimum absolute atomic E-state index is 0.0996. The van der Waals surface area contributed by atoms with E-state index in [1.54, 1.807) is 6.20 Å². The van der Waals surface area contributed by atoms with E-state index < -0.39 is 0 Å². The lowest BCUT2D eigenvalue weighted by Gasteiger charge is -2.32. The molecule has 0 unspecified atom stereocenters. The van der Waals surface area contributed by atoms with Gasteiger partial charge in [0, 0.05) is 48.0 Å². The van der Waals surface area contributed by atoms with Crippen LogP contribution < -0.4 is 0 Å². The second-order valence-corrected chi connectivity index (χ2v) is 7.12. The number of hydrogen-bond donors (Lipinski definition) is 1. The molecule has 4 heterocycles. The summed E-state index contributed by atoms with van der Waals surface area (Å²) in [7, 11) is 0. The van der Waals surface area contributed by atoms with E-state index in [2.05, 4.69) is 27.1 Å². The number of rotatable bonds is 2. The van der Waals surface area contributed by atoms with Crippen LogP contribution in [0.15, 0.2) is 61.1 Å². The van der Waals surface area contributed by atoms with E-state index in [-0.39, 0.29) is 5.91 Å². The molecule has 1 fully saturated rings. The smallest absolute Gasteiger partial charge is 0.253 e. The van der Waals surface area contributed by atoms with E-state index >= 15 is 0 Å². The lowest BCUT2D eigenvalue weighted by atomic mass is 9.88. The highest BCUT2D eigenvalue weighted by Gasteiger charge is 2.26. The van der Waals surface area contributed by atoms with Crippen LogP contribution in [-0.2, 0) is 0 Å². The van der Waals surface area contributed by atoms with Gasteiger partial charge in [-0.15, -0.1) is 0 Å². The molecule has 0 radical (unpaired) electrons. The van der Waals surface area contributed by atoms with Gasteiger partial charge in [-0.05, 0) is 54.7 Å². The van der Waals surface area contributed by atoms with Gasteiger partial charge in [0.1, 0.15) is 5.65 Å². The first-order valence-electron chi connectivity index (χ1n) is 9.36. The van der Waals surface area contributed by atoms with Crippen molar-refractivity contribution in [3.63, 3.8) is 0 Å². The topological polar surface area (TPSA) is 61.9 Å². The third-order valence-corrected chi connectivity index (χ3v) is 5.57. The maximum atomic E-state index is 12.9. The van der Waals surface area contributed by atoms with Crippen molar-refractivity contribution in [2.75, 3.05) is 13.1 Å². The third kappa shape index (κ3) is 2.85. The number of nitrogens with one attached hydrogen (secondary N) is 1. The zero-order chi connectivity index (χ0) is 18.2. The second kappa shape index (κ2) is 6.50. The van der Waals surface area contributed by atoms with Gasteiger partial charge in [0.2, 0.25) is 0 Å². The van der Waals surface area contributed by atoms with Crippen LogP contribution in [0.2, 0.25) is 0 Å². The number of likely N-dealkylation sites (tertiary alicyclic amines) is 1. The number of benzene rings is 1. The van der Waals surface area contributed by atoms with Crippen LogP contribution in [0.4, 0.5) is 0 Å². The van der Waals surface area contributed by atoms with E-state index in [1.807, 2.05) is 47.6 Å². The maximum absolute atomic E-state index is 12.9. The average Bonchev–Trinajstić information content (AvgIpc) is 3.22. The van der Waals surface area contributed by atoms with Crippen LogP contribution in [0.25, 0.3) is 21.9 Å². The standard InChI is InChI=1S/C22H20N4O/c27-22(17-4-3-16-2-1-9-23-20(16)14-17)26-12-7-15(8-13-26)18-5-10-24-21-19(18)6-11-25-21/h1-6,9-11,14-15H,7-8,12-13H2,(H,24,25). The Kier molecular flexibility index (Phi) is 3.85. The van der Waals surface area contributed by atoms with Gasteiger partial charge in [0.05, 0.1) is 5.52 Å². The molecule has 3 aromatic heterocycles. The van der Waals surface area contributed by atoms with E-state index in [9.17, 15) is 4.79 Å². The van der Waals surface area contributed by atoms with Crippen molar-refractivity contribution in [1.82, 2.24) is 19.9 Å². The van der Waals surface area contributed by atoms with Crippen LogP contribution in [0.1, 0.15) is 34.7 Å². The monoisotopic (exact) mass is 356 g/mol. The summed E-state index contributed by atoms with van der Waals surface area (Å²) in [6.07, 6.45) is 7.52. The Morgan fingerprint density at radius 3 is 2.81 bits per heavy atom. The van der Waals surface area contributed by atoms with Crippen molar-refractivity contribution in [3.05, 3.63) is 72.2 Å². The Bertz CT molecular complexity index is 1130. The van der Waals surface area contributed by atoms with Gasteiger partial charge in [-0.1, -0.05) is 12.1 Å². The number of carbonyl (C=O) groups is 1. The molecule has 0 atom stereocenters. The Morgan fingerprint density at radius 1 is 1.04 bits per heavy atom. The number of aromatic amines is 1. The summed E-state index contributed by atoms with van der Waals surface area (Å²) in [5.41, 5.74) is 3.86. The molecule has 1 saturated heterocycles. The largest absolute Gasteiger partial charge is 0.346 e. The predicted octanol–water partition coefficient (Wildman–Crippen LogP) is 4.13. The molecule has 5 nitrogen and oxygen atoms in total. The van der Waals surface area contributed by atoms with E-state index in [1.165, 1.54) is 10.9 Å². The fourth-order valence-electron chi connectivity index (χ4n) is 4.11. The number of H-pyrrole nitrogens is 1. The van der Waals surface area contributed by atoms with Crippen molar-refractivity contribution >= 4 is 27.8 Å². The molecule has 27 heavy (non-hydrogen) atoms. The minimum Gasteiger partial charge on any atom is -0.346 e. The van der Waals surface area contributed by atoms with Gasteiger partial charge in [-0.3, -0.25) is 9.78 Å². The number of pyridine rings is 2. The van der Waals surface area contributed by atoms with Gasteiger partial charge >= 0.3 is 0 Å². The van der Waals surface area contributed by atoms with Crippen LogP contribution >= 0.6 is 0 Å². The first-order valence-corrected chi connectivity index (χ1v) is 9.36. The summed E-state index contributed by atoms with van der Waals surface area (Å²) in [4.78, 5) is 26.8. The first kappa shape index (κ1) is 16.0. The fourth-order valence-corrected chi connectivity index (χ4v) is 4.11. The number of nitrogens with zero attached hydrogens (tertiary/aromatic N) is 3.